The van der Waals surface area contributed by atoms with Crippen molar-refractivity contribution in [3.05, 3.63) is 28.8 Å². The Bertz CT molecular complexity index is 423. The van der Waals surface area contributed by atoms with Gasteiger partial charge in [-0.2, -0.15) is 0 Å². The zero-order valence-corrected chi connectivity index (χ0v) is 12.4. The third kappa shape index (κ3) is 3.85. The number of ether oxygens (including phenoxy) is 1. The zero-order chi connectivity index (χ0) is 13.8. The minimum Gasteiger partial charge on any atom is -0.497 e. The fourth-order valence-electron chi connectivity index (χ4n) is 2.77. The summed E-state index contributed by atoms with van der Waals surface area (Å²) < 4.78 is 5.16. The van der Waals surface area contributed by atoms with Crippen LogP contribution in [0.5, 0.6) is 5.75 Å². The first-order valence-electron chi connectivity index (χ1n) is 6.84. The van der Waals surface area contributed by atoms with Crippen LogP contribution in [0.2, 0.25) is 5.02 Å². The number of aliphatic hydroxyl groups excluding tert-OH is 1. The standard InChI is InChI=1S/C15H22ClNO2/c1-11(18)8-13-4-3-7-17(13)10-12-5-6-14(19-2)9-15(12)16/h5-6,9,11,13,18H,3-4,7-8,10H2,1-2H3. The molecule has 2 rings (SSSR count). The van der Waals surface area contributed by atoms with Gasteiger partial charge in [0.05, 0.1) is 13.2 Å². The van der Waals surface area contributed by atoms with E-state index in [0.29, 0.717) is 6.04 Å². The molecule has 1 aliphatic rings. The predicted molar refractivity (Wildman–Crippen MR) is 77.7 cm³/mol. The van der Waals surface area contributed by atoms with Gasteiger partial charge in [-0.3, -0.25) is 4.90 Å². The van der Waals surface area contributed by atoms with E-state index in [-0.39, 0.29) is 6.10 Å². The lowest BCUT2D eigenvalue weighted by Gasteiger charge is -2.26. The first kappa shape index (κ1) is 14.6. The molecule has 0 aliphatic carbocycles. The molecule has 19 heavy (non-hydrogen) atoms. The Morgan fingerprint density at radius 1 is 1.53 bits per heavy atom. The molecule has 0 spiro atoms. The summed E-state index contributed by atoms with van der Waals surface area (Å²) in [7, 11) is 1.64. The van der Waals surface area contributed by atoms with Crippen LogP contribution in [0.1, 0.15) is 31.7 Å². The number of hydrogen-bond acceptors (Lipinski definition) is 3. The number of halogens is 1. The number of likely N-dealkylation sites (tertiary alicyclic amines) is 1. The molecule has 106 valence electrons. The Morgan fingerprint density at radius 3 is 2.95 bits per heavy atom. The molecule has 1 N–H and O–H groups in total. The summed E-state index contributed by atoms with van der Waals surface area (Å²) in [6, 6.07) is 6.30. The summed E-state index contributed by atoms with van der Waals surface area (Å²) >= 11 is 6.28. The van der Waals surface area contributed by atoms with Crippen LogP contribution in [-0.2, 0) is 6.54 Å². The van der Waals surface area contributed by atoms with Gasteiger partial charge in [0.2, 0.25) is 0 Å². The Labute approximate surface area is 120 Å². The Morgan fingerprint density at radius 2 is 2.32 bits per heavy atom. The number of nitrogens with zero attached hydrogens (tertiary/aromatic N) is 1. The molecule has 2 unspecified atom stereocenters. The summed E-state index contributed by atoms with van der Waals surface area (Å²) in [5.74, 6) is 0.788. The van der Waals surface area contributed by atoms with E-state index in [1.54, 1.807) is 7.11 Å². The van der Waals surface area contributed by atoms with Crippen molar-refractivity contribution >= 4 is 11.6 Å². The molecule has 4 heteroatoms. The van der Waals surface area contributed by atoms with Gasteiger partial charge in [-0.15, -0.1) is 0 Å². The van der Waals surface area contributed by atoms with E-state index in [1.807, 2.05) is 25.1 Å². The molecule has 1 fully saturated rings. The molecule has 1 saturated heterocycles. The highest BCUT2D eigenvalue weighted by molar-refractivity contribution is 6.31. The van der Waals surface area contributed by atoms with Crippen molar-refractivity contribution in [2.45, 2.75) is 44.9 Å². The molecule has 1 aromatic rings. The molecule has 0 bridgehead atoms. The summed E-state index contributed by atoms with van der Waals surface area (Å²) in [6.45, 7) is 3.79. The van der Waals surface area contributed by atoms with E-state index >= 15 is 0 Å². The van der Waals surface area contributed by atoms with Crippen LogP contribution < -0.4 is 4.74 Å². The fraction of sp³-hybridized carbons (Fsp3) is 0.600. The molecule has 3 nitrogen and oxygen atoms in total. The largest absolute Gasteiger partial charge is 0.497 e. The van der Waals surface area contributed by atoms with Gasteiger partial charge in [-0.1, -0.05) is 17.7 Å². The molecular formula is C15H22ClNO2. The summed E-state index contributed by atoms with van der Waals surface area (Å²) in [6.07, 6.45) is 2.97. The first-order valence-corrected chi connectivity index (χ1v) is 7.22. The van der Waals surface area contributed by atoms with E-state index in [4.69, 9.17) is 16.3 Å². The molecule has 1 aromatic carbocycles. The van der Waals surface area contributed by atoms with E-state index < -0.39 is 0 Å². The number of rotatable bonds is 5. The van der Waals surface area contributed by atoms with Crippen molar-refractivity contribution in [3.8, 4) is 5.75 Å². The molecule has 1 heterocycles. The van der Waals surface area contributed by atoms with Crippen molar-refractivity contribution in [1.82, 2.24) is 4.90 Å². The minimum atomic E-state index is -0.239. The topological polar surface area (TPSA) is 32.7 Å². The van der Waals surface area contributed by atoms with E-state index in [2.05, 4.69) is 4.90 Å². The highest BCUT2D eigenvalue weighted by Crippen LogP contribution is 2.28. The lowest BCUT2D eigenvalue weighted by atomic mass is 10.1. The van der Waals surface area contributed by atoms with Gasteiger partial charge in [-0.05, 0) is 50.4 Å². The number of aliphatic hydroxyl groups is 1. The fourth-order valence-corrected chi connectivity index (χ4v) is 3.00. The zero-order valence-electron chi connectivity index (χ0n) is 11.6. The van der Waals surface area contributed by atoms with Gasteiger partial charge in [0.25, 0.3) is 0 Å². The Balaban J connectivity index is 2.03. The quantitative estimate of drug-likeness (QED) is 0.901. The van der Waals surface area contributed by atoms with Gasteiger partial charge in [0, 0.05) is 17.6 Å². The molecule has 0 aromatic heterocycles. The number of hydrogen-bond donors (Lipinski definition) is 1. The highest BCUT2D eigenvalue weighted by atomic mass is 35.5. The average molecular weight is 284 g/mol. The second-order valence-corrected chi connectivity index (χ2v) is 5.72. The minimum absolute atomic E-state index is 0.239. The smallest absolute Gasteiger partial charge is 0.120 e. The van der Waals surface area contributed by atoms with E-state index in [0.717, 1.165) is 35.8 Å². The molecule has 0 saturated carbocycles. The molecule has 2 atom stereocenters. The summed E-state index contributed by atoms with van der Waals surface area (Å²) in [5, 5.41) is 10.3. The van der Waals surface area contributed by atoms with Crippen LogP contribution in [0.3, 0.4) is 0 Å². The Hall–Kier alpha value is -0.770. The van der Waals surface area contributed by atoms with Crippen molar-refractivity contribution in [3.63, 3.8) is 0 Å². The van der Waals surface area contributed by atoms with Crippen LogP contribution in [-0.4, -0.2) is 35.8 Å². The maximum atomic E-state index is 9.55. The Kier molecular flexibility index (Phi) is 5.08. The van der Waals surface area contributed by atoms with Crippen LogP contribution in [0.25, 0.3) is 0 Å². The summed E-state index contributed by atoms with van der Waals surface area (Å²) in [4.78, 5) is 2.42. The van der Waals surface area contributed by atoms with Crippen molar-refractivity contribution in [2.75, 3.05) is 13.7 Å². The van der Waals surface area contributed by atoms with Gasteiger partial charge < -0.3 is 9.84 Å². The van der Waals surface area contributed by atoms with E-state index in [9.17, 15) is 5.11 Å². The van der Waals surface area contributed by atoms with Crippen molar-refractivity contribution in [1.29, 1.82) is 0 Å². The normalized spacial score (nSPS) is 21.6. The van der Waals surface area contributed by atoms with Crippen molar-refractivity contribution in [2.24, 2.45) is 0 Å². The first-order chi connectivity index (χ1) is 9.10. The average Bonchev–Trinajstić information content (AvgIpc) is 2.78. The monoisotopic (exact) mass is 283 g/mol. The van der Waals surface area contributed by atoms with Gasteiger partial charge >= 0.3 is 0 Å². The van der Waals surface area contributed by atoms with Crippen molar-refractivity contribution < 1.29 is 9.84 Å². The SMILES string of the molecule is COc1ccc(CN2CCCC2CC(C)O)c(Cl)c1. The third-order valence-corrected chi connectivity index (χ3v) is 4.10. The highest BCUT2D eigenvalue weighted by Gasteiger charge is 2.25. The van der Waals surface area contributed by atoms with Gasteiger partial charge in [0.15, 0.2) is 0 Å². The number of methoxy groups -OCH3 is 1. The molecule has 1 aliphatic heterocycles. The van der Waals surface area contributed by atoms with Crippen LogP contribution in [0, 0.1) is 0 Å². The second-order valence-electron chi connectivity index (χ2n) is 5.31. The maximum Gasteiger partial charge on any atom is 0.120 e. The van der Waals surface area contributed by atoms with Crippen LogP contribution >= 0.6 is 11.6 Å². The van der Waals surface area contributed by atoms with Gasteiger partial charge in [-0.25, -0.2) is 0 Å². The third-order valence-electron chi connectivity index (χ3n) is 3.75. The number of benzene rings is 1. The molecular weight excluding hydrogens is 262 g/mol. The summed E-state index contributed by atoms with van der Waals surface area (Å²) in [5.41, 5.74) is 1.12. The lowest BCUT2D eigenvalue weighted by Crippen LogP contribution is -2.31. The molecule has 0 amide bonds. The lowest BCUT2D eigenvalue weighted by molar-refractivity contribution is 0.131. The van der Waals surface area contributed by atoms with Gasteiger partial charge in [0.1, 0.15) is 5.75 Å². The van der Waals surface area contributed by atoms with Crippen LogP contribution in [0.15, 0.2) is 18.2 Å². The van der Waals surface area contributed by atoms with Crippen LogP contribution in [0.4, 0.5) is 0 Å². The predicted octanol–water partition coefficient (Wildman–Crippen LogP) is 3.08. The second kappa shape index (κ2) is 6.60. The maximum absolute atomic E-state index is 9.55. The van der Waals surface area contributed by atoms with E-state index in [1.165, 1.54) is 12.8 Å². The molecule has 0 radical (unpaired) electrons.